The molecule has 0 aliphatic heterocycles. The second kappa shape index (κ2) is 6.64. The molecule has 0 radical (unpaired) electrons. The van der Waals surface area contributed by atoms with Gasteiger partial charge in [-0.25, -0.2) is 0 Å². The van der Waals surface area contributed by atoms with Crippen molar-refractivity contribution in [3.63, 3.8) is 0 Å². The smallest absolute Gasteiger partial charge is 0.116 e. The van der Waals surface area contributed by atoms with E-state index in [0.717, 1.165) is 40.7 Å². The minimum absolute atomic E-state index is 0.642. The van der Waals surface area contributed by atoms with Gasteiger partial charge in [-0.1, -0.05) is 30.3 Å². The number of aromatic nitrogens is 1. The number of hydrogen-bond acceptors (Lipinski definition) is 3. The van der Waals surface area contributed by atoms with Gasteiger partial charge in [0.25, 0.3) is 0 Å². The molecular weight excluding hydrogens is 332 g/mol. The molecule has 0 fully saturated rings. The molecule has 0 unspecified atom stereocenters. The highest BCUT2D eigenvalue weighted by molar-refractivity contribution is 5.69. The third-order valence-corrected chi connectivity index (χ3v) is 5.78. The second-order valence-corrected chi connectivity index (χ2v) is 7.42. The van der Waals surface area contributed by atoms with Gasteiger partial charge in [0.2, 0.25) is 0 Å². The molecule has 2 aromatic carbocycles. The van der Waals surface area contributed by atoms with Crippen molar-refractivity contribution in [1.29, 1.82) is 5.26 Å². The Labute approximate surface area is 160 Å². The Bertz CT molecular complexity index is 1050. The Balaban J connectivity index is 1.86. The van der Waals surface area contributed by atoms with E-state index in [-0.39, 0.29) is 0 Å². The van der Waals surface area contributed by atoms with Crippen molar-refractivity contribution >= 4 is 0 Å². The van der Waals surface area contributed by atoms with Crippen LogP contribution in [0, 0.1) is 25.2 Å². The van der Waals surface area contributed by atoms with Gasteiger partial charge in [-0.3, -0.25) is 4.98 Å². The predicted octanol–water partition coefficient (Wildman–Crippen LogP) is 4.81. The van der Waals surface area contributed by atoms with E-state index in [1.54, 1.807) is 0 Å². The van der Waals surface area contributed by atoms with Crippen molar-refractivity contribution in [3.05, 3.63) is 88.2 Å². The van der Waals surface area contributed by atoms with Crippen molar-refractivity contribution in [3.8, 4) is 17.2 Å². The van der Waals surface area contributed by atoms with Crippen LogP contribution in [0.1, 0.15) is 46.2 Å². The predicted molar refractivity (Wildman–Crippen MR) is 106 cm³/mol. The maximum absolute atomic E-state index is 11.7. The van der Waals surface area contributed by atoms with E-state index in [4.69, 9.17) is 5.26 Å². The summed E-state index contributed by atoms with van der Waals surface area (Å²) in [6.45, 7) is 4.17. The fourth-order valence-corrected chi connectivity index (χ4v) is 4.04. The van der Waals surface area contributed by atoms with Crippen LogP contribution in [0.25, 0.3) is 11.1 Å². The number of aliphatic hydroxyl groups is 1. The van der Waals surface area contributed by atoms with Gasteiger partial charge in [0, 0.05) is 23.5 Å². The fourth-order valence-electron chi connectivity index (χ4n) is 4.04. The van der Waals surface area contributed by atoms with Crippen molar-refractivity contribution < 1.29 is 5.11 Å². The summed E-state index contributed by atoms with van der Waals surface area (Å²) in [7, 11) is 0. The third kappa shape index (κ3) is 2.93. The van der Waals surface area contributed by atoms with Crippen LogP contribution in [0.15, 0.2) is 54.9 Å². The molecule has 1 aliphatic rings. The van der Waals surface area contributed by atoms with E-state index in [2.05, 4.69) is 37.0 Å². The van der Waals surface area contributed by atoms with E-state index in [1.165, 1.54) is 11.1 Å². The van der Waals surface area contributed by atoms with Crippen LogP contribution < -0.4 is 0 Å². The molecule has 0 saturated carbocycles. The summed E-state index contributed by atoms with van der Waals surface area (Å²) in [6.07, 6.45) is 6.22. The first-order valence-corrected chi connectivity index (χ1v) is 9.31. The molecule has 1 N–H and O–H groups in total. The van der Waals surface area contributed by atoms with Gasteiger partial charge in [0.15, 0.2) is 0 Å². The Morgan fingerprint density at radius 3 is 2.52 bits per heavy atom. The minimum Gasteiger partial charge on any atom is -0.380 e. The molecule has 4 rings (SSSR count). The summed E-state index contributed by atoms with van der Waals surface area (Å²) < 4.78 is 0. The lowest BCUT2D eigenvalue weighted by Crippen LogP contribution is -2.32. The van der Waals surface area contributed by atoms with E-state index in [0.29, 0.717) is 12.0 Å². The summed E-state index contributed by atoms with van der Waals surface area (Å²) in [5.74, 6) is 0. The average Bonchev–Trinajstić information content (AvgIpc) is 2.70. The molecule has 0 spiro atoms. The van der Waals surface area contributed by atoms with Crippen LogP contribution in [0.4, 0.5) is 0 Å². The molecule has 27 heavy (non-hydrogen) atoms. The molecule has 1 aromatic heterocycles. The van der Waals surface area contributed by atoms with Gasteiger partial charge < -0.3 is 5.11 Å². The highest BCUT2D eigenvalue weighted by Crippen LogP contribution is 2.43. The Morgan fingerprint density at radius 2 is 1.81 bits per heavy atom. The minimum atomic E-state index is -1.01. The standard InChI is InChI=1S/C24H22N2O/c1-16-5-10-20(12-17(16)2)24(27)11-3-4-21-22(14-26-15-23(21)24)19-8-6-18(13-25)7-9-19/h5-10,12,14-15,27H,3-4,11H2,1-2H3/t24-/m1/s1. The molecule has 1 atom stereocenters. The van der Waals surface area contributed by atoms with Gasteiger partial charge in [0.1, 0.15) is 5.60 Å². The van der Waals surface area contributed by atoms with E-state index in [1.807, 2.05) is 42.7 Å². The molecular formula is C24H22N2O. The van der Waals surface area contributed by atoms with Gasteiger partial charge in [-0.15, -0.1) is 0 Å². The zero-order chi connectivity index (χ0) is 19.0. The van der Waals surface area contributed by atoms with Crippen molar-refractivity contribution in [2.24, 2.45) is 0 Å². The molecule has 3 nitrogen and oxygen atoms in total. The number of pyridine rings is 1. The number of fused-ring (bicyclic) bond motifs is 1. The maximum atomic E-state index is 11.7. The number of nitriles is 1. The van der Waals surface area contributed by atoms with Crippen molar-refractivity contribution in [2.75, 3.05) is 0 Å². The lowest BCUT2D eigenvalue weighted by atomic mass is 9.74. The molecule has 1 heterocycles. The topological polar surface area (TPSA) is 56.9 Å². The first-order chi connectivity index (χ1) is 13.0. The molecule has 0 amide bonds. The lowest BCUT2D eigenvalue weighted by Gasteiger charge is -2.36. The average molecular weight is 354 g/mol. The van der Waals surface area contributed by atoms with Crippen molar-refractivity contribution in [1.82, 2.24) is 4.98 Å². The largest absolute Gasteiger partial charge is 0.380 e. The van der Waals surface area contributed by atoms with E-state index in [9.17, 15) is 5.11 Å². The molecule has 1 aliphatic carbocycles. The molecule has 3 aromatic rings. The monoisotopic (exact) mass is 354 g/mol. The van der Waals surface area contributed by atoms with Gasteiger partial charge in [0.05, 0.1) is 11.6 Å². The summed E-state index contributed by atoms with van der Waals surface area (Å²) in [6, 6.07) is 15.9. The molecule has 134 valence electrons. The van der Waals surface area contributed by atoms with Crippen LogP contribution in [0.5, 0.6) is 0 Å². The summed E-state index contributed by atoms with van der Waals surface area (Å²) in [5.41, 5.74) is 7.10. The number of hydrogen-bond donors (Lipinski definition) is 1. The first-order valence-electron chi connectivity index (χ1n) is 9.31. The number of aryl methyl sites for hydroxylation is 2. The first kappa shape index (κ1) is 17.5. The van der Waals surface area contributed by atoms with Crippen LogP contribution in [-0.2, 0) is 12.0 Å². The maximum Gasteiger partial charge on any atom is 0.116 e. The summed E-state index contributed by atoms with van der Waals surface area (Å²) in [4.78, 5) is 4.45. The second-order valence-electron chi connectivity index (χ2n) is 7.42. The Morgan fingerprint density at radius 1 is 1.04 bits per heavy atom. The summed E-state index contributed by atoms with van der Waals surface area (Å²) >= 11 is 0. The normalized spacial score (nSPS) is 18.6. The highest BCUT2D eigenvalue weighted by atomic mass is 16.3. The van der Waals surface area contributed by atoms with Gasteiger partial charge in [-0.05, 0) is 73.1 Å². The zero-order valence-corrected chi connectivity index (χ0v) is 15.7. The number of benzene rings is 2. The highest BCUT2D eigenvalue weighted by Gasteiger charge is 2.37. The van der Waals surface area contributed by atoms with E-state index >= 15 is 0 Å². The molecule has 3 heteroatoms. The molecule has 0 bridgehead atoms. The van der Waals surface area contributed by atoms with Crippen molar-refractivity contribution in [2.45, 2.75) is 38.7 Å². The number of nitrogens with zero attached hydrogens (tertiary/aromatic N) is 2. The Hall–Kier alpha value is -2.96. The zero-order valence-electron chi connectivity index (χ0n) is 15.7. The lowest BCUT2D eigenvalue weighted by molar-refractivity contribution is 0.0612. The summed E-state index contributed by atoms with van der Waals surface area (Å²) in [5, 5.41) is 20.7. The number of rotatable bonds is 2. The van der Waals surface area contributed by atoms with Gasteiger partial charge in [-0.2, -0.15) is 5.26 Å². The quantitative estimate of drug-likeness (QED) is 0.718. The third-order valence-electron chi connectivity index (χ3n) is 5.78. The van der Waals surface area contributed by atoms with Gasteiger partial charge >= 0.3 is 0 Å². The van der Waals surface area contributed by atoms with Crippen LogP contribution in [0.3, 0.4) is 0 Å². The SMILES string of the molecule is Cc1ccc([C@]2(O)CCCc3c(-c4ccc(C#N)cc4)cncc32)cc1C. The Kier molecular flexibility index (Phi) is 4.30. The fraction of sp³-hybridized carbons (Fsp3) is 0.250. The van der Waals surface area contributed by atoms with E-state index < -0.39 is 5.60 Å². The molecule has 0 saturated heterocycles. The van der Waals surface area contributed by atoms with Crippen LogP contribution >= 0.6 is 0 Å². The van der Waals surface area contributed by atoms with Crippen LogP contribution in [-0.4, -0.2) is 10.1 Å². The van der Waals surface area contributed by atoms with Crippen LogP contribution in [0.2, 0.25) is 0 Å².